The molecule has 1 amide bonds. The topological polar surface area (TPSA) is 32.8 Å². The minimum Gasteiger partial charge on any atom is -0.368 e. The zero-order valence-electron chi connectivity index (χ0n) is 12.1. The van der Waals surface area contributed by atoms with E-state index in [0.29, 0.717) is 26.2 Å². The molecule has 2 aliphatic heterocycles. The molecular weight excluding hydrogens is 271 g/mol. The Bertz CT molecular complexity index is 495. The maximum absolute atomic E-state index is 13.6. The van der Waals surface area contributed by atoms with E-state index in [1.54, 1.807) is 6.07 Å². The van der Waals surface area contributed by atoms with Crippen LogP contribution in [-0.2, 0) is 16.1 Å². The highest BCUT2D eigenvalue weighted by Gasteiger charge is 2.30. The van der Waals surface area contributed by atoms with Gasteiger partial charge in [-0.15, -0.1) is 0 Å². The summed E-state index contributed by atoms with van der Waals surface area (Å²) in [5.41, 5.74) is 0.719. The molecule has 2 fully saturated rings. The van der Waals surface area contributed by atoms with Crippen LogP contribution in [-0.4, -0.2) is 54.6 Å². The van der Waals surface area contributed by atoms with Crippen molar-refractivity contribution in [2.24, 2.45) is 0 Å². The van der Waals surface area contributed by atoms with Crippen LogP contribution < -0.4 is 0 Å². The van der Waals surface area contributed by atoms with E-state index in [1.807, 2.05) is 17.0 Å². The molecule has 21 heavy (non-hydrogen) atoms. The van der Waals surface area contributed by atoms with Crippen molar-refractivity contribution in [2.45, 2.75) is 25.5 Å². The lowest BCUT2D eigenvalue weighted by molar-refractivity contribution is -0.142. The Hall–Kier alpha value is -1.46. The van der Waals surface area contributed by atoms with E-state index in [2.05, 4.69) is 4.90 Å². The molecule has 0 saturated carbocycles. The first kappa shape index (κ1) is 14.5. The number of rotatable bonds is 3. The van der Waals surface area contributed by atoms with Gasteiger partial charge in [0.05, 0.1) is 0 Å². The van der Waals surface area contributed by atoms with Crippen LogP contribution in [0.15, 0.2) is 24.3 Å². The Morgan fingerprint density at radius 3 is 2.67 bits per heavy atom. The predicted octanol–water partition coefficient (Wildman–Crippen LogP) is 1.65. The number of carbonyl (C=O) groups is 1. The highest BCUT2D eigenvalue weighted by molar-refractivity contribution is 5.81. The van der Waals surface area contributed by atoms with Gasteiger partial charge in [-0.3, -0.25) is 9.69 Å². The molecule has 0 radical (unpaired) electrons. The molecule has 0 aromatic heterocycles. The minimum atomic E-state index is -0.233. The van der Waals surface area contributed by atoms with Crippen molar-refractivity contribution in [2.75, 3.05) is 32.8 Å². The summed E-state index contributed by atoms with van der Waals surface area (Å²) in [5, 5.41) is 0. The van der Waals surface area contributed by atoms with Gasteiger partial charge in [0.25, 0.3) is 5.91 Å². The average Bonchev–Trinajstić information content (AvgIpc) is 3.04. The molecule has 1 atom stereocenters. The molecule has 0 spiro atoms. The van der Waals surface area contributed by atoms with Crippen molar-refractivity contribution in [3.8, 4) is 0 Å². The second-order valence-electron chi connectivity index (χ2n) is 5.69. The van der Waals surface area contributed by atoms with Gasteiger partial charge >= 0.3 is 0 Å². The molecule has 114 valence electrons. The monoisotopic (exact) mass is 292 g/mol. The third kappa shape index (κ3) is 3.41. The molecule has 2 heterocycles. The van der Waals surface area contributed by atoms with E-state index < -0.39 is 0 Å². The highest BCUT2D eigenvalue weighted by atomic mass is 19.1. The molecular formula is C16H21FN2O2. The summed E-state index contributed by atoms with van der Waals surface area (Å²) in [4.78, 5) is 16.3. The van der Waals surface area contributed by atoms with E-state index in [0.717, 1.165) is 31.5 Å². The lowest BCUT2D eigenvalue weighted by Crippen LogP contribution is -2.51. The van der Waals surface area contributed by atoms with Crippen molar-refractivity contribution in [1.29, 1.82) is 0 Å². The maximum atomic E-state index is 13.6. The Balaban J connectivity index is 1.51. The number of hydrogen-bond donors (Lipinski definition) is 0. The Kier molecular flexibility index (Phi) is 4.51. The van der Waals surface area contributed by atoms with Crippen LogP contribution in [0.1, 0.15) is 18.4 Å². The molecule has 1 aromatic carbocycles. The summed E-state index contributed by atoms with van der Waals surface area (Å²) >= 11 is 0. The fourth-order valence-corrected chi connectivity index (χ4v) is 2.97. The number of carbonyl (C=O) groups excluding carboxylic acids is 1. The third-order valence-corrected chi connectivity index (χ3v) is 4.24. The van der Waals surface area contributed by atoms with Gasteiger partial charge in [0, 0.05) is 44.9 Å². The Labute approximate surface area is 124 Å². The van der Waals surface area contributed by atoms with Crippen molar-refractivity contribution >= 4 is 5.91 Å². The van der Waals surface area contributed by atoms with Gasteiger partial charge in [0.1, 0.15) is 11.9 Å². The molecule has 1 unspecified atom stereocenters. The number of amides is 1. The number of nitrogens with zero attached hydrogens (tertiary/aromatic N) is 2. The molecule has 3 rings (SSSR count). The van der Waals surface area contributed by atoms with Gasteiger partial charge in [-0.1, -0.05) is 18.2 Å². The van der Waals surface area contributed by atoms with Crippen LogP contribution in [0.2, 0.25) is 0 Å². The number of piperazine rings is 1. The van der Waals surface area contributed by atoms with Crippen LogP contribution in [0.5, 0.6) is 0 Å². The first-order valence-corrected chi connectivity index (χ1v) is 7.60. The van der Waals surface area contributed by atoms with Crippen LogP contribution >= 0.6 is 0 Å². The van der Waals surface area contributed by atoms with E-state index in [4.69, 9.17) is 4.74 Å². The van der Waals surface area contributed by atoms with E-state index in [-0.39, 0.29) is 17.8 Å². The lowest BCUT2D eigenvalue weighted by atomic mass is 10.1. The molecule has 2 aliphatic rings. The largest absolute Gasteiger partial charge is 0.368 e. The summed E-state index contributed by atoms with van der Waals surface area (Å²) in [6, 6.07) is 6.87. The average molecular weight is 292 g/mol. The number of benzene rings is 1. The van der Waals surface area contributed by atoms with Crippen LogP contribution in [0.4, 0.5) is 4.39 Å². The van der Waals surface area contributed by atoms with Gasteiger partial charge in [-0.25, -0.2) is 4.39 Å². The van der Waals surface area contributed by atoms with Crippen molar-refractivity contribution in [3.63, 3.8) is 0 Å². The first-order chi connectivity index (χ1) is 10.2. The zero-order chi connectivity index (χ0) is 14.7. The molecule has 0 bridgehead atoms. The number of halogens is 1. The van der Waals surface area contributed by atoms with Gasteiger partial charge in [-0.05, 0) is 18.9 Å². The third-order valence-electron chi connectivity index (χ3n) is 4.24. The number of hydrogen-bond acceptors (Lipinski definition) is 3. The van der Waals surface area contributed by atoms with Crippen LogP contribution in [0, 0.1) is 5.82 Å². The summed E-state index contributed by atoms with van der Waals surface area (Å²) < 4.78 is 19.1. The molecule has 5 heteroatoms. The molecule has 0 aliphatic carbocycles. The predicted molar refractivity (Wildman–Crippen MR) is 77.2 cm³/mol. The summed E-state index contributed by atoms with van der Waals surface area (Å²) in [6.45, 7) is 4.28. The van der Waals surface area contributed by atoms with E-state index in [9.17, 15) is 9.18 Å². The normalized spacial score (nSPS) is 23.5. The minimum absolute atomic E-state index is 0.123. The van der Waals surface area contributed by atoms with Crippen molar-refractivity contribution < 1.29 is 13.9 Å². The lowest BCUT2D eigenvalue weighted by Gasteiger charge is -2.35. The van der Waals surface area contributed by atoms with E-state index in [1.165, 1.54) is 6.07 Å². The smallest absolute Gasteiger partial charge is 0.251 e. The highest BCUT2D eigenvalue weighted by Crippen LogP contribution is 2.17. The fraction of sp³-hybridized carbons (Fsp3) is 0.562. The molecule has 4 nitrogen and oxygen atoms in total. The fourth-order valence-electron chi connectivity index (χ4n) is 2.97. The van der Waals surface area contributed by atoms with E-state index >= 15 is 0 Å². The number of ether oxygens (including phenoxy) is 1. The summed E-state index contributed by atoms with van der Waals surface area (Å²) in [7, 11) is 0. The van der Waals surface area contributed by atoms with Crippen LogP contribution in [0.25, 0.3) is 0 Å². The maximum Gasteiger partial charge on any atom is 0.251 e. The van der Waals surface area contributed by atoms with Gasteiger partial charge in [-0.2, -0.15) is 0 Å². The van der Waals surface area contributed by atoms with Crippen molar-refractivity contribution in [3.05, 3.63) is 35.6 Å². The summed E-state index contributed by atoms with van der Waals surface area (Å²) in [5.74, 6) is -0.0339. The molecule has 2 saturated heterocycles. The SMILES string of the molecule is O=C(C1CCCO1)N1CCN(Cc2ccccc2F)CC1. The quantitative estimate of drug-likeness (QED) is 0.849. The van der Waals surface area contributed by atoms with Gasteiger partial charge in [0.2, 0.25) is 0 Å². The zero-order valence-corrected chi connectivity index (χ0v) is 12.1. The summed E-state index contributed by atoms with van der Waals surface area (Å²) in [6.07, 6.45) is 1.58. The first-order valence-electron chi connectivity index (χ1n) is 7.60. The van der Waals surface area contributed by atoms with Crippen LogP contribution in [0.3, 0.4) is 0 Å². The second-order valence-corrected chi connectivity index (χ2v) is 5.69. The standard InChI is InChI=1S/C16H21FN2O2/c17-14-5-2-1-4-13(14)12-18-7-9-19(10-8-18)16(20)15-6-3-11-21-15/h1-2,4-5,15H,3,6-12H2. The second kappa shape index (κ2) is 6.54. The van der Waals surface area contributed by atoms with Crippen molar-refractivity contribution in [1.82, 2.24) is 9.80 Å². The Morgan fingerprint density at radius 1 is 1.24 bits per heavy atom. The van der Waals surface area contributed by atoms with Gasteiger partial charge < -0.3 is 9.64 Å². The van der Waals surface area contributed by atoms with Gasteiger partial charge in [0.15, 0.2) is 0 Å². The Morgan fingerprint density at radius 2 is 2.00 bits per heavy atom. The molecule has 0 N–H and O–H groups in total. The molecule has 1 aromatic rings.